The molecule has 0 spiro atoms. The quantitative estimate of drug-likeness (QED) is 0.434. The van der Waals surface area contributed by atoms with Gasteiger partial charge < -0.3 is 18.8 Å². The first kappa shape index (κ1) is 19.4. The predicted octanol–water partition coefficient (Wildman–Crippen LogP) is 1.76. The molecule has 0 aliphatic rings. The van der Waals surface area contributed by atoms with Crippen LogP contribution in [0.2, 0.25) is 0 Å². The van der Waals surface area contributed by atoms with E-state index in [0.29, 0.717) is 11.0 Å². The Hall–Kier alpha value is 0.0700. The Morgan fingerprint density at radius 2 is 1.59 bits per heavy atom. The van der Waals surface area contributed by atoms with Crippen molar-refractivity contribution in [2.45, 2.75) is 39.5 Å². The highest BCUT2D eigenvalue weighted by Gasteiger charge is 2.08. The lowest BCUT2D eigenvalue weighted by Gasteiger charge is -2.25. The second kappa shape index (κ2) is 10.0. The number of quaternary nitrogens is 1. The highest BCUT2D eigenvalue weighted by atomic mass is 31.2. The van der Waals surface area contributed by atoms with Crippen LogP contribution < -0.4 is 4.89 Å². The Labute approximate surface area is 106 Å². The molecule has 0 aliphatic carbocycles. The summed E-state index contributed by atoms with van der Waals surface area (Å²) >= 11 is 0. The summed E-state index contributed by atoms with van der Waals surface area (Å²) in [7, 11) is 1.19. The number of hydrogen-bond donors (Lipinski definition) is 1. The molecule has 1 atom stereocenters. The van der Waals surface area contributed by atoms with Gasteiger partial charge in [0, 0.05) is 0 Å². The van der Waals surface area contributed by atoms with Gasteiger partial charge in [0.1, 0.15) is 13.2 Å². The van der Waals surface area contributed by atoms with E-state index in [1.54, 1.807) is 0 Å². The van der Waals surface area contributed by atoms with Gasteiger partial charge in [-0.2, -0.15) is 0 Å². The molecule has 0 radical (unpaired) electrons. The second-order valence-electron chi connectivity index (χ2n) is 5.02. The number of unbranched alkanes of at least 4 members (excludes halogenated alkanes) is 3. The van der Waals surface area contributed by atoms with Gasteiger partial charge in [-0.15, -0.1) is 0 Å². The van der Waals surface area contributed by atoms with Gasteiger partial charge in [0.05, 0.1) is 21.1 Å². The molecule has 17 heavy (non-hydrogen) atoms. The lowest BCUT2D eigenvalue weighted by atomic mass is 10.2. The van der Waals surface area contributed by atoms with Crippen LogP contribution in [0, 0.1) is 0 Å². The molecule has 1 unspecified atom stereocenters. The SMILES string of the molecule is CCCCCC.C[N+](C)(C)CCOP(=O)([O-])O. The van der Waals surface area contributed by atoms with Gasteiger partial charge in [0.2, 0.25) is 0 Å². The lowest BCUT2D eigenvalue weighted by molar-refractivity contribution is -0.870. The smallest absolute Gasteiger partial charge is 0.265 e. The predicted molar refractivity (Wildman–Crippen MR) is 68.5 cm³/mol. The molecule has 0 amide bonds. The van der Waals surface area contributed by atoms with Crippen molar-refractivity contribution in [3.63, 3.8) is 0 Å². The minimum atomic E-state index is -4.51. The lowest BCUT2D eigenvalue weighted by Crippen LogP contribution is -2.37. The number of phosphoric ester groups is 1. The Kier molecular flexibility index (Phi) is 11.5. The van der Waals surface area contributed by atoms with Crippen molar-refractivity contribution in [3.05, 3.63) is 0 Å². The van der Waals surface area contributed by atoms with Crippen molar-refractivity contribution in [2.24, 2.45) is 0 Å². The Morgan fingerprint density at radius 1 is 1.18 bits per heavy atom. The average molecular weight is 269 g/mol. The zero-order valence-electron chi connectivity index (χ0n) is 11.8. The van der Waals surface area contributed by atoms with E-state index in [0.717, 1.165) is 0 Å². The highest BCUT2D eigenvalue weighted by Crippen LogP contribution is 2.29. The van der Waals surface area contributed by atoms with E-state index in [1.165, 1.54) is 25.7 Å². The molecule has 0 saturated heterocycles. The van der Waals surface area contributed by atoms with Crippen molar-refractivity contribution in [2.75, 3.05) is 34.3 Å². The van der Waals surface area contributed by atoms with Gasteiger partial charge in [0.25, 0.3) is 7.82 Å². The third kappa shape index (κ3) is 26.0. The van der Waals surface area contributed by atoms with E-state index in [4.69, 9.17) is 4.89 Å². The summed E-state index contributed by atoms with van der Waals surface area (Å²) < 4.78 is 14.8. The average Bonchev–Trinajstić information content (AvgIpc) is 2.11. The van der Waals surface area contributed by atoms with E-state index in [-0.39, 0.29) is 6.61 Å². The molecule has 0 rings (SSSR count). The standard InChI is InChI=1S/C6H14.C5H14NO4P/c1-3-5-6-4-2;1-6(2,3)4-5-10-11(7,8)9/h3-6H2,1-2H3;4-5H2,1-3H3,(H-,7,8,9). The summed E-state index contributed by atoms with van der Waals surface area (Å²) in [6, 6.07) is 0. The van der Waals surface area contributed by atoms with Crippen LogP contribution in [-0.4, -0.2) is 43.7 Å². The second-order valence-corrected chi connectivity index (χ2v) is 6.22. The maximum Gasteiger partial charge on any atom is 0.265 e. The topological polar surface area (TPSA) is 69.6 Å². The van der Waals surface area contributed by atoms with Crippen LogP contribution in [0.25, 0.3) is 0 Å². The summed E-state index contributed by atoms with van der Waals surface area (Å²) in [5, 5.41) is 0. The summed E-state index contributed by atoms with van der Waals surface area (Å²) in [5.74, 6) is 0. The number of phosphoric acid groups is 1. The molecule has 0 saturated carbocycles. The molecule has 0 fully saturated rings. The summed E-state index contributed by atoms with van der Waals surface area (Å²) in [4.78, 5) is 18.3. The zero-order chi connectivity index (χ0) is 13.9. The molecular weight excluding hydrogens is 241 g/mol. The van der Waals surface area contributed by atoms with E-state index in [2.05, 4.69) is 18.4 Å². The summed E-state index contributed by atoms with van der Waals surface area (Å²) in [6.07, 6.45) is 5.54. The summed E-state index contributed by atoms with van der Waals surface area (Å²) in [5.41, 5.74) is 0. The Morgan fingerprint density at radius 3 is 1.82 bits per heavy atom. The van der Waals surface area contributed by atoms with Gasteiger partial charge in [-0.25, -0.2) is 0 Å². The van der Waals surface area contributed by atoms with E-state index in [9.17, 15) is 9.46 Å². The van der Waals surface area contributed by atoms with Gasteiger partial charge in [-0.1, -0.05) is 39.5 Å². The minimum Gasteiger partial charge on any atom is -0.756 e. The van der Waals surface area contributed by atoms with Crippen molar-refractivity contribution in [1.82, 2.24) is 0 Å². The molecule has 0 heterocycles. The summed E-state index contributed by atoms with van der Waals surface area (Å²) in [6.45, 7) is 5.01. The first-order valence-electron chi connectivity index (χ1n) is 6.11. The maximum atomic E-state index is 10.1. The number of rotatable bonds is 7. The fraction of sp³-hybridized carbons (Fsp3) is 1.00. The molecule has 0 aliphatic heterocycles. The van der Waals surface area contributed by atoms with Crippen molar-refractivity contribution >= 4 is 7.82 Å². The number of hydrogen-bond acceptors (Lipinski definition) is 3. The first-order valence-corrected chi connectivity index (χ1v) is 7.60. The van der Waals surface area contributed by atoms with Crippen LogP contribution in [0.4, 0.5) is 0 Å². The molecule has 0 aromatic carbocycles. The number of nitrogens with zero attached hydrogens (tertiary/aromatic N) is 1. The van der Waals surface area contributed by atoms with Crippen LogP contribution in [0.3, 0.4) is 0 Å². The fourth-order valence-electron chi connectivity index (χ4n) is 0.930. The zero-order valence-corrected chi connectivity index (χ0v) is 12.7. The van der Waals surface area contributed by atoms with E-state index >= 15 is 0 Å². The van der Waals surface area contributed by atoms with E-state index in [1.807, 2.05) is 21.1 Å². The largest absolute Gasteiger partial charge is 0.756 e. The van der Waals surface area contributed by atoms with Crippen molar-refractivity contribution in [3.8, 4) is 0 Å². The maximum absolute atomic E-state index is 10.1. The molecule has 6 heteroatoms. The normalized spacial score (nSPS) is 14.8. The molecule has 1 N–H and O–H groups in total. The molecule has 0 bridgehead atoms. The van der Waals surface area contributed by atoms with Gasteiger partial charge >= 0.3 is 0 Å². The number of likely N-dealkylation sites (N-methyl/N-ethyl adjacent to an activating group) is 1. The monoisotopic (exact) mass is 269 g/mol. The van der Waals surface area contributed by atoms with Crippen LogP contribution >= 0.6 is 7.82 Å². The third-order valence-electron chi connectivity index (χ3n) is 1.97. The molecular formula is C11H28NO4P. The van der Waals surface area contributed by atoms with Crippen LogP contribution in [0.1, 0.15) is 39.5 Å². The van der Waals surface area contributed by atoms with Crippen molar-refractivity contribution < 1.29 is 23.4 Å². The van der Waals surface area contributed by atoms with Gasteiger partial charge in [-0.05, 0) is 0 Å². The van der Waals surface area contributed by atoms with Gasteiger partial charge in [-0.3, -0.25) is 4.57 Å². The van der Waals surface area contributed by atoms with Crippen LogP contribution in [0.15, 0.2) is 0 Å². The Bertz CT molecular complexity index is 206. The highest BCUT2D eigenvalue weighted by molar-refractivity contribution is 7.44. The molecule has 5 nitrogen and oxygen atoms in total. The van der Waals surface area contributed by atoms with Gasteiger partial charge in [0.15, 0.2) is 0 Å². The Balaban J connectivity index is 0. The van der Waals surface area contributed by atoms with E-state index < -0.39 is 7.82 Å². The minimum absolute atomic E-state index is 0.0147. The third-order valence-corrected chi connectivity index (χ3v) is 2.48. The van der Waals surface area contributed by atoms with Crippen molar-refractivity contribution in [1.29, 1.82) is 0 Å². The fourth-order valence-corrected chi connectivity index (χ4v) is 1.24. The molecule has 106 valence electrons. The van der Waals surface area contributed by atoms with Crippen LogP contribution in [-0.2, 0) is 9.09 Å². The van der Waals surface area contributed by atoms with Crippen LogP contribution in [0.5, 0.6) is 0 Å². The molecule has 0 aromatic heterocycles. The molecule has 0 aromatic rings. The first-order chi connectivity index (χ1) is 7.62.